The van der Waals surface area contributed by atoms with Crippen LogP contribution in [0.1, 0.15) is 28.0 Å². The number of carbonyl (C=O) groups is 1. The van der Waals surface area contributed by atoms with Crippen LogP contribution in [0.3, 0.4) is 0 Å². The van der Waals surface area contributed by atoms with Gasteiger partial charge in [0.1, 0.15) is 5.69 Å². The smallest absolute Gasteiger partial charge is 0.354 e. The summed E-state index contributed by atoms with van der Waals surface area (Å²) in [7, 11) is 1.98. The van der Waals surface area contributed by atoms with Crippen molar-refractivity contribution in [3.05, 3.63) is 71.7 Å². The number of nitrogens with zero attached hydrogens (tertiary/aromatic N) is 3. The van der Waals surface area contributed by atoms with E-state index >= 15 is 0 Å². The Kier molecular flexibility index (Phi) is 6.62. The first-order chi connectivity index (χ1) is 11.6. The summed E-state index contributed by atoms with van der Waals surface area (Å²) in [6.45, 7) is 0. The molecule has 131 valence electrons. The number of rotatable bonds is 1. The SMILES string of the molecule is Cn1cc2c(n1)-c1[c-]cccc1CCC2.O=C(O)c1ccccn1.[Ir]. The Bertz CT molecular complexity index is 847. The summed E-state index contributed by atoms with van der Waals surface area (Å²) in [5.74, 6) is -0.990. The van der Waals surface area contributed by atoms with Crippen LogP contribution in [0.15, 0.2) is 48.8 Å². The normalized spacial score (nSPS) is 11.7. The number of carboxylic acids is 1. The molecule has 1 N–H and O–H groups in total. The molecule has 1 aliphatic rings. The van der Waals surface area contributed by atoms with Crippen molar-refractivity contribution in [3.63, 3.8) is 0 Å². The third-order valence-corrected chi connectivity index (χ3v) is 3.86. The number of aromatic nitrogens is 3. The summed E-state index contributed by atoms with van der Waals surface area (Å²) in [5.41, 5.74) is 5.15. The van der Waals surface area contributed by atoms with Gasteiger partial charge >= 0.3 is 5.97 Å². The minimum atomic E-state index is -0.990. The first kappa shape index (κ1) is 19.0. The Labute approximate surface area is 160 Å². The summed E-state index contributed by atoms with van der Waals surface area (Å²) in [4.78, 5) is 13.7. The van der Waals surface area contributed by atoms with E-state index in [-0.39, 0.29) is 25.8 Å². The molecule has 0 amide bonds. The molecular formula is C19H18IrN3O2-. The minimum absolute atomic E-state index is 0. The Morgan fingerprint density at radius 3 is 2.68 bits per heavy atom. The molecule has 3 aromatic rings. The van der Waals surface area contributed by atoms with E-state index in [0.717, 1.165) is 18.5 Å². The molecule has 1 radical (unpaired) electrons. The zero-order valence-corrected chi connectivity index (χ0v) is 16.2. The largest absolute Gasteiger partial charge is 0.477 e. The van der Waals surface area contributed by atoms with Gasteiger partial charge in [-0.25, -0.2) is 14.9 Å². The van der Waals surface area contributed by atoms with E-state index in [1.165, 1.54) is 35.4 Å². The van der Waals surface area contributed by atoms with Crippen molar-refractivity contribution >= 4 is 5.97 Å². The minimum Gasteiger partial charge on any atom is -0.477 e. The van der Waals surface area contributed by atoms with E-state index in [4.69, 9.17) is 5.11 Å². The standard InChI is InChI=1S/C13H13N2.C6H5NO2.Ir/c1-15-9-11-7-4-6-10-5-2-3-8-12(10)13(11)14-15;8-6(9)5-3-1-2-4-7-5;/h2-3,5,9H,4,6-7H2,1H3;1-4H,(H,8,9);/q-1;;. The van der Waals surface area contributed by atoms with E-state index in [9.17, 15) is 4.79 Å². The topological polar surface area (TPSA) is 68.0 Å². The summed E-state index contributed by atoms with van der Waals surface area (Å²) in [6.07, 6.45) is 7.07. The van der Waals surface area contributed by atoms with Crippen LogP contribution in [0.5, 0.6) is 0 Å². The van der Waals surface area contributed by atoms with Gasteiger partial charge in [0.15, 0.2) is 0 Å². The molecular weight excluding hydrogens is 494 g/mol. The quantitative estimate of drug-likeness (QED) is 0.509. The zero-order valence-electron chi connectivity index (χ0n) is 13.8. The molecule has 0 spiro atoms. The van der Waals surface area contributed by atoms with Crippen molar-refractivity contribution in [2.45, 2.75) is 19.3 Å². The summed E-state index contributed by atoms with van der Waals surface area (Å²) >= 11 is 0. The number of aryl methyl sites for hydroxylation is 3. The van der Waals surface area contributed by atoms with Crippen LogP contribution >= 0.6 is 0 Å². The maximum absolute atomic E-state index is 10.1. The second-order valence-corrected chi connectivity index (χ2v) is 5.62. The van der Waals surface area contributed by atoms with Crippen molar-refractivity contribution < 1.29 is 30.0 Å². The number of pyridine rings is 1. The van der Waals surface area contributed by atoms with Crippen LogP contribution in [0.2, 0.25) is 0 Å². The molecule has 6 heteroatoms. The number of hydrogen-bond donors (Lipinski definition) is 1. The molecule has 4 rings (SSSR count). The summed E-state index contributed by atoms with van der Waals surface area (Å²) < 4.78 is 1.90. The van der Waals surface area contributed by atoms with Gasteiger partial charge in [-0.15, -0.1) is 35.4 Å². The maximum atomic E-state index is 10.1. The van der Waals surface area contributed by atoms with Crippen molar-refractivity contribution in [2.24, 2.45) is 7.05 Å². The number of carboxylic acid groups (broad SMARTS) is 1. The predicted octanol–water partition coefficient (Wildman–Crippen LogP) is 3.15. The first-order valence-electron chi connectivity index (χ1n) is 7.82. The third kappa shape index (κ3) is 4.62. The van der Waals surface area contributed by atoms with Gasteiger partial charge in [-0.1, -0.05) is 18.9 Å². The molecule has 0 fully saturated rings. The Hall–Kier alpha value is -2.30. The number of aromatic carboxylic acids is 1. The van der Waals surface area contributed by atoms with E-state index in [1.54, 1.807) is 12.1 Å². The van der Waals surface area contributed by atoms with Gasteiger partial charge in [-0.2, -0.15) is 0 Å². The molecule has 0 saturated carbocycles. The second kappa shape index (κ2) is 8.70. The van der Waals surface area contributed by atoms with Gasteiger partial charge in [0.2, 0.25) is 0 Å². The van der Waals surface area contributed by atoms with Gasteiger partial charge in [0, 0.05) is 45.2 Å². The molecule has 1 aromatic carbocycles. The van der Waals surface area contributed by atoms with Crippen molar-refractivity contribution in [1.29, 1.82) is 0 Å². The Morgan fingerprint density at radius 1 is 1.20 bits per heavy atom. The average molecular weight is 513 g/mol. The van der Waals surface area contributed by atoms with Crippen molar-refractivity contribution in [1.82, 2.24) is 14.8 Å². The Balaban J connectivity index is 0.000000196. The zero-order chi connectivity index (χ0) is 16.9. The predicted molar refractivity (Wildman–Crippen MR) is 90.7 cm³/mol. The summed E-state index contributed by atoms with van der Waals surface area (Å²) in [6, 6.07) is 14.3. The Morgan fingerprint density at radius 2 is 2.00 bits per heavy atom. The first-order valence-corrected chi connectivity index (χ1v) is 7.82. The molecule has 0 atom stereocenters. The molecule has 2 heterocycles. The molecule has 5 nitrogen and oxygen atoms in total. The van der Waals surface area contributed by atoms with Gasteiger partial charge in [-0.3, -0.25) is 4.68 Å². The van der Waals surface area contributed by atoms with Gasteiger partial charge in [0.25, 0.3) is 0 Å². The number of hydrogen-bond acceptors (Lipinski definition) is 3. The fourth-order valence-corrected chi connectivity index (χ4v) is 2.79. The second-order valence-electron chi connectivity index (χ2n) is 5.62. The molecule has 25 heavy (non-hydrogen) atoms. The van der Waals surface area contributed by atoms with E-state index in [2.05, 4.69) is 34.5 Å². The van der Waals surface area contributed by atoms with Crippen molar-refractivity contribution in [2.75, 3.05) is 0 Å². The van der Waals surface area contributed by atoms with Crippen LogP contribution in [0.25, 0.3) is 11.3 Å². The van der Waals surface area contributed by atoms with Gasteiger partial charge in [-0.05, 0) is 24.1 Å². The van der Waals surface area contributed by atoms with Crippen LogP contribution in [-0.2, 0) is 40.0 Å². The molecule has 0 unspecified atom stereocenters. The van der Waals surface area contributed by atoms with E-state index in [0.29, 0.717) is 0 Å². The van der Waals surface area contributed by atoms with E-state index in [1.807, 2.05) is 17.8 Å². The third-order valence-electron chi connectivity index (χ3n) is 3.86. The van der Waals surface area contributed by atoms with Crippen LogP contribution in [0.4, 0.5) is 0 Å². The van der Waals surface area contributed by atoms with Gasteiger partial charge < -0.3 is 5.11 Å². The fourth-order valence-electron chi connectivity index (χ4n) is 2.79. The van der Waals surface area contributed by atoms with Crippen molar-refractivity contribution in [3.8, 4) is 11.3 Å². The number of fused-ring (bicyclic) bond motifs is 3. The molecule has 0 saturated heterocycles. The summed E-state index contributed by atoms with van der Waals surface area (Å²) in [5, 5.41) is 12.9. The van der Waals surface area contributed by atoms with Crippen LogP contribution < -0.4 is 0 Å². The van der Waals surface area contributed by atoms with Crippen LogP contribution in [0, 0.1) is 6.07 Å². The average Bonchev–Trinajstić information content (AvgIpc) is 2.89. The fraction of sp³-hybridized carbons (Fsp3) is 0.211. The molecule has 0 bridgehead atoms. The molecule has 0 aliphatic heterocycles. The molecule has 2 aromatic heterocycles. The molecule has 1 aliphatic carbocycles. The maximum Gasteiger partial charge on any atom is 0.354 e. The monoisotopic (exact) mass is 513 g/mol. The van der Waals surface area contributed by atoms with Gasteiger partial charge in [0.05, 0.1) is 0 Å². The number of benzene rings is 1. The van der Waals surface area contributed by atoms with Crippen LogP contribution in [-0.4, -0.2) is 25.8 Å². The van der Waals surface area contributed by atoms with E-state index < -0.39 is 5.97 Å².